The summed E-state index contributed by atoms with van der Waals surface area (Å²) < 4.78 is 40.5. The summed E-state index contributed by atoms with van der Waals surface area (Å²) in [5, 5.41) is 3.01. The van der Waals surface area contributed by atoms with Crippen molar-refractivity contribution in [3.8, 4) is 5.75 Å². The number of nitrogens with zero attached hydrogens (tertiary/aromatic N) is 4. The maximum Gasteiger partial charge on any atom is 0.573 e. The Morgan fingerprint density at radius 3 is 2.34 bits per heavy atom. The molecule has 1 aromatic heterocycles. The quantitative estimate of drug-likeness (QED) is 0.758. The molecule has 2 aromatic rings. The first-order valence-corrected chi connectivity index (χ1v) is 9.25. The van der Waals surface area contributed by atoms with Crippen LogP contribution in [0.4, 0.5) is 19.1 Å². The molecule has 0 bridgehead atoms. The molecule has 1 aliphatic heterocycles. The molecule has 1 aliphatic rings. The van der Waals surface area contributed by atoms with Gasteiger partial charge in [0.2, 0.25) is 11.9 Å². The number of ether oxygens (including phenoxy) is 1. The maximum absolute atomic E-state index is 12.3. The fraction of sp³-hybridized carbons (Fsp3) is 0.421. The van der Waals surface area contributed by atoms with Crippen LogP contribution in [0.1, 0.15) is 12.0 Å². The van der Waals surface area contributed by atoms with E-state index in [2.05, 4.69) is 24.9 Å². The third kappa shape index (κ3) is 6.90. The Kier molecular flexibility index (Phi) is 6.86. The van der Waals surface area contributed by atoms with Gasteiger partial charge in [-0.2, -0.15) is 0 Å². The van der Waals surface area contributed by atoms with E-state index in [0.717, 1.165) is 5.56 Å². The molecule has 0 radical (unpaired) electrons. The number of piperazine rings is 1. The zero-order valence-corrected chi connectivity index (χ0v) is 15.7. The SMILES string of the molecule is O=C(CCNc1ncccn1)N1CCN(Cc2ccc(OC(F)(F)F)cc2)CC1. The van der Waals surface area contributed by atoms with Crippen LogP contribution in [0.15, 0.2) is 42.7 Å². The van der Waals surface area contributed by atoms with Gasteiger partial charge in [-0.1, -0.05) is 12.1 Å². The summed E-state index contributed by atoms with van der Waals surface area (Å²) >= 11 is 0. The third-order valence-electron chi connectivity index (χ3n) is 4.48. The number of benzene rings is 1. The van der Waals surface area contributed by atoms with Gasteiger partial charge in [0.25, 0.3) is 0 Å². The molecule has 29 heavy (non-hydrogen) atoms. The molecule has 10 heteroatoms. The van der Waals surface area contributed by atoms with Crippen molar-refractivity contribution in [1.82, 2.24) is 19.8 Å². The summed E-state index contributed by atoms with van der Waals surface area (Å²) in [4.78, 5) is 24.4. The number of carbonyl (C=O) groups excluding carboxylic acids is 1. The number of amides is 1. The Hall–Kier alpha value is -2.88. The van der Waals surface area contributed by atoms with Crippen molar-refractivity contribution in [2.24, 2.45) is 0 Å². The largest absolute Gasteiger partial charge is 0.573 e. The first-order valence-electron chi connectivity index (χ1n) is 9.25. The van der Waals surface area contributed by atoms with Crippen LogP contribution in [-0.2, 0) is 11.3 Å². The first-order chi connectivity index (χ1) is 13.9. The molecule has 156 valence electrons. The Labute approximate surface area is 166 Å². The molecular weight excluding hydrogens is 387 g/mol. The normalized spacial score (nSPS) is 15.2. The smallest absolute Gasteiger partial charge is 0.406 e. The number of aromatic nitrogens is 2. The monoisotopic (exact) mass is 409 g/mol. The number of hydrogen-bond acceptors (Lipinski definition) is 6. The maximum atomic E-state index is 12.3. The van der Waals surface area contributed by atoms with E-state index < -0.39 is 6.36 Å². The topological polar surface area (TPSA) is 70.6 Å². The average molecular weight is 409 g/mol. The molecule has 0 spiro atoms. The van der Waals surface area contributed by atoms with Gasteiger partial charge >= 0.3 is 6.36 Å². The molecule has 7 nitrogen and oxygen atoms in total. The van der Waals surface area contributed by atoms with Crippen molar-refractivity contribution >= 4 is 11.9 Å². The van der Waals surface area contributed by atoms with Gasteiger partial charge in [-0.05, 0) is 23.8 Å². The number of rotatable bonds is 7. The molecule has 1 amide bonds. The van der Waals surface area contributed by atoms with Crippen LogP contribution in [-0.4, -0.2) is 64.8 Å². The van der Waals surface area contributed by atoms with Crippen molar-refractivity contribution < 1.29 is 22.7 Å². The fourth-order valence-corrected chi connectivity index (χ4v) is 3.04. The lowest BCUT2D eigenvalue weighted by molar-refractivity contribution is -0.274. The highest BCUT2D eigenvalue weighted by molar-refractivity contribution is 5.76. The van der Waals surface area contributed by atoms with E-state index in [1.165, 1.54) is 12.1 Å². The van der Waals surface area contributed by atoms with E-state index in [9.17, 15) is 18.0 Å². The van der Waals surface area contributed by atoms with Crippen LogP contribution in [0.2, 0.25) is 0 Å². The Morgan fingerprint density at radius 1 is 1.07 bits per heavy atom. The zero-order chi connectivity index (χ0) is 20.7. The molecule has 0 atom stereocenters. The van der Waals surface area contributed by atoms with Gasteiger partial charge in [0.05, 0.1) is 0 Å². The average Bonchev–Trinajstić information content (AvgIpc) is 2.70. The molecule has 2 heterocycles. The Bertz CT molecular complexity index is 779. The van der Waals surface area contributed by atoms with E-state index in [1.54, 1.807) is 30.6 Å². The molecule has 1 N–H and O–H groups in total. The van der Waals surface area contributed by atoms with E-state index >= 15 is 0 Å². The molecule has 1 fully saturated rings. The number of halogens is 3. The highest BCUT2D eigenvalue weighted by Gasteiger charge is 2.31. The molecule has 0 aliphatic carbocycles. The van der Waals surface area contributed by atoms with E-state index in [-0.39, 0.29) is 11.7 Å². The number of nitrogens with one attached hydrogen (secondary N) is 1. The van der Waals surface area contributed by atoms with Crippen LogP contribution >= 0.6 is 0 Å². The van der Waals surface area contributed by atoms with Crippen LogP contribution < -0.4 is 10.1 Å². The minimum atomic E-state index is -4.69. The van der Waals surface area contributed by atoms with Gasteiger partial charge in [-0.25, -0.2) is 9.97 Å². The first kappa shape index (κ1) is 20.8. The van der Waals surface area contributed by atoms with E-state index in [0.29, 0.717) is 51.6 Å². The second kappa shape index (κ2) is 9.55. The van der Waals surface area contributed by atoms with Crippen molar-refractivity contribution in [1.29, 1.82) is 0 Å². The minimum Gasteiger partial charge on any atom is -0.406 e. The van der Waals surface area contributed by atoms with Crippen LogP contribution in [0.25, 0.3) is 0 Å². The third-order valence-corrected chi connectivity index (χ3v) is 4.48. The predicted octanol–water partition coefficient (Wildman–Crippen LogP) is 2.52. The lowest BCUT2D eigenvalue weighted by atomic mass is 10.2. The predicted molar refractivity (Wildman–Crippen MR) is 100 cm³/mol. The number of anilines is 1. The second-order valence-corrected chi connectivity index (χ2v) is 6.60. The summed E-state index contributed by atoms with van der Waals surface area (Å²) in [5.41, 5.74) is 0.895. The number of hydrogen-bond donors (Lipinski definition) is 1. The van der Waals surface area contributed by atoms with Crippen molar-refractivity contribution in [2.45, 2.75) is 19.3 Å². The van der Waals surface area contributed by atoms with Gasteiger partial charge in [0.1, 0.15) is 5.75 Å². The number of carbonyl (C=O) groups is 1. The fourth-order valence-electron chi connectivity index (χ4n) is 3.04. The van der Waals surface area contributed by atoms with Crippen LogP contribution in [0.3, 0.4) is 0 Å². The summed E-state index contributed by atoms with van der Waals surface area (Å²) in [6.45, 7) is 3.74. The zero-order valence-electron chi connectivity index (χ0n) is 15.7. The summed E-state index contributed by atoms with van der Waals surface area (Å²) in [6, 6.07) is 7.59. The van der Waals surface area contributed by atoms with Crippen LogP contribution in [0, 0.1) is 0 Å². The minimum absolute atomic E-state index is 0.0710. The van der Waals surface area contributed by atoms with Gasteiger partial charge in [0.15, 0.2) is 0 Å². The summed E-state index contributed by atoms with van der Waals surface area (Å²) in [6.07, 6.45) is -1.06. The summed E-state index contributed by atoms with van der Waals surface area (Å²) in [7, 11) is 0. The second-order valence-electron chi connectivity index (χ2n) is 6.60. The van der Waals surface area contributed by atoms with Crippen molar-refractivity contribution in [3.63, 3.8) is 0 Å². The van der Waals surface area contributed by atoms with E-state index in [1.807, 2.05) is 4.90 Å². The molecule has 0 saturated carbocycles. The molecule has 3 rings (SSSR count). The summed E-state index contributed by atoms with van der Waals surface area (Å²) in [5.74, 6) is 0.338. The van der Waals surface area contributed by atoms with Crippen molar-refractivity contribution in [3.05, 3.63) is 48.3 Å². The lowest BCUT2D eigenvalue weighted by Crippen LogP contribution is -2.48. The van der Waals surface area contributed by atoms with Gasteiger partial charge < -0.3 is 15.0 Å². The van der Waals surface area contributed by atoms with Gasteiger partial charge in [0, 0.05) is 58.1 Å². The van der Waals surface area contributed by atoms with Crippen molar-refractivity contribution in [2.75, 3.05) is 38.0 Å². The Balaban J connectivity index is 1.38. The Morgan fingerprint density at radius 2 is 1.72 bits per heavy atom. The molecule has 1 saturated heterocycles. The van der Waals surface area contributed by atoms with Gasteiger partial charge in [-0.15, -0.1) is 13.2 Å². The number of alkyl halides is 3. The molecular formula is C19H22F3N5O2. The highest BCUT2D eigenvalue weighted by Crippen LogP contribution is 2.23. The van der Waals surface area contributed by atoms with Crippen LogP contribution in [0.5, 0.6) is 5.75 Å². The lowest BCUT2D eigenvalue weighted by Gasteiger charge is -2.34. The molecule has 1 aromatic carbocycles. The van der Waals surface area contributed by atoms with Gasteiger partial charge in [-0.3, -0.25) is 9.69 Å². The highest BCUT2D eigenvalue weighted by atomic mass is 19.4. The standard InChI is InChI=1S/C19H22F3N5O2/c20-19(21,22)29-16-4-2-15(3-5-16)14-26-10-12-27(13-11-26)17(28)6-9-25-18-23-7-1-8-24-18/h1-5,7-8H,6,9-14H2,(H,23,24,25). The van der Waals surface area contributed by atoms with E-state index in [4.69, 9.17) is 0 Å². The molecule has 0 unspecified atom stereocenters.